The third-order valence-electron chi connectivity index (χ3n) is 2.30. The molecular weight excluding hydrogens is 134 g/mol. The van der Waals surface area contributed by atoms with Gasteiger partial charge < -0.3 is 0 Å². The van der Waals surface area contributed by atoms with Crippen molar-refractivity contribution in [1.82, 2.24) is 4.90 Å². The fourth-order valence-electron chi connectivity index (χ4n) is 1.85. The summed E-state index contributed by atoms with van der Waals surface area (Å²) >= 11 is 0. The molecular formula is C10H19N. The zero-order valence-corrected chi connectivity index (χ0v) is 8.31. The van der Waals surface area contributed by atoms with Crippen molar-refractivity contribution >= 4 is 0 Å². The van der Waals surface area contributed by atoms with Crippen LogP contribution in [-0.4, -0.2) is 24.5 Å². The van der Waals surface area contributed by atoms with Crippen LogP contribution in [0.3, 0.4) is 0 Å². The van der Waals surface area contributed by atoms with Gasteiger partial charge in [0.15, 0.2) is 0 Å². The Hall–Kier alpha value is -0.300. The molecule has 0 aromatic carbocycles. The molecule has 64 valence electrons. The van der Waals surface area contributed by atoms with E-state index in [4.69, 9.17) is 0 Å². The molecule has 1 atom stereocenters. The molecule has 1 heterocycles. The predicted molar refractivity (Wildman–Crippen MR) is 49.6 cm³/mol. The monoisotopic (exact) mass is 153 g/mol. The normalized spacial score (nSPS) is 27.4. The van der Waals surface area contributed by atoms with E-state index >= 15 is 0 Å². The van der Waals surface area contributed by atoms with Crippen LogP contribution >= 0.6 is 0 Å². The van der Waals surface area contributed by atoms with Crippen LogP contribution in [-0.2, 0) is 0 Å². The minimum Gasteiger partial charge on any atom is -0.296 e. The Bertz CT molecular complexity index is 174. The van der Waals surface area contributed by atoms with Gasteiger partial charge in [-0.1, -0.05) is 32.4 Å². The van der Waals surface area contributed by atoms with Crippen molar-refractivity contribution in [2.45, 2.75) is 33.7 Å². The number of rotatable bonds is 0. The summed E-state index contributed by atoms with van der Waals surface area (Å²) in [6.45, 7) is 10.2. The molecule has 1 aliphatic heterocycles. The van der Waals surface area contributed by atoms with Crippen LogP contribution in [0.1, 0.15) is 27.7 Å². The lowest BCUT2D eigenvalue weighted by Gasteiger charge is -2.31. The van der Waals surface area contributed by atoms with Gasteiger partial charge in [0.05, 0.1) is 0 Å². The first-order chi connectivity index (χ1) is 4.91. The first kappa shape index (κ1) is 8.79. The lowest BCUT2D eigenvalue weighted by atomic mass is 9.87. The van der Waals surface area contributed by atoms with Crippen LogP contribution in [0.5, 0.6) is 0 Å². The van der Waals surface area contributed by atoms with Gasteiger partial charge in [0.25, 0.3) is 0 Å². The molecule has 1 unspecified atom stereocenters. The quantitative estimate of drug-likeness (QED) is 0.483. The fourth-order valence-corrected chi connectivity index (χ4v) is 1.85. The van der Waals surface area contributed by atoms with Crippen molar-refractivity contribution in [2.24, 2.45) is 5.41 Å². The lowest BCUT2D eigenvalue weighted by molar-refractivity contribution is 0.193. The zero-order chi connectivity index (χ0) is 8.65. The molecule has 0 spiro atoms. The van der Waals surface area contributed by atoms with Gasteiger partial charge in [-0.3, -0.25) is 4.90 Å². The molecule has 0 aliphatic carbocycles. The maximum atomic E-state index is 2.41. The van der Waals surface area contributed by atoms with Gasteiger partial charge in [-0.2, -0.15) is 0 Å². The highest BCUT2D eigenvalue weighted by Gasteiger charge is 2.29. The Balaban J connectivity index is 2.74. The summed E-state index contributed by atoms with van der Waals surface area (Å²) in [5.41, 5.74) is 1.89. The van der Waals surface area contributed by atoms with Gasteiger partial charge in [-0.05, 0) is 19.4 Å². The second-order valence-electron chi connectivity index (χ2n) is 4.74. The van der Waals surface area contributed by atoms with E-state index in [9.17, 15) is 0 Å². The highest BCUT2D eigenvalue weighted by atomic mass is 15.1. The van der Waals surface area contributed by atoms with Crippen molar-refractivity contribution in [1.29, 1.82) is 0 Å². The first-order valence-electron chi connectivity index (χ1n) is 4.29. The number of nitrogens with zero attached hydrogens (tertiary/aromatic N) is 1. The van der Waals surface area contributed by atoms with Crippen LogP contribution in [0, 0.1) is 5.41 Å². The summed E-state index contributed by atoms with van der Waals surface area (Å²) in [7, 11) is 2.20. The fraction of sp³-hybridized carbons (Fsp3) is 0.800. The number of hydrogen-bond donors (Lipinski definition) is 0. The predicted octanol–water partition coefficient (Wildman–Crippen LogP) is 2.29. The number of hydrogen-bond acceptors (Lipinski definition) is 1. The van der Waals surface area contributed by atoms with Crippen LogP contribution in [0.2, 0.25) is 0 Å². The molecule has 0 fully saturated rings. The summed E-state index contributed by atoms with van der Waals surface area (Å²) in [6, 6.07) is 0.627. The molecule has 0 saturated heterocycles. The Kier molecular flexibility index (Phi) is 2.10. The van der Waals surface area contributed by atoms with E-state index in [0.717, 1.165) is 6.54 Å². The van der Waals surface area contributed by atoms with Crippen molar-refractivity contribution in [3.63, 3.8) is 0 Å². The SMILES string of the molecule is CC1=CC(C(C)(C)C)N(C)C1. The molecule has 0 saturated carbocycles. The highest BCUT2D eigenvalue weighted by molar-refractivity contribution is 5.15. The first-order valence-corrected chi connectivity index (χ1v) is 4.29. The van der Waals surface area contributed by atoms with Crippen LogP contribution in [0.25, 0.3) is 0 Å². The summed E-state index contributed by atoms with van der Waals surface area (Å²) in [4.78, 5) is 2.41. The standard InChI is InChI=1S/C10H19N/c1-8-6-9(10(2,3)4)11(5)7-8/h6,9H,7H2,1-5H3. The van der Waals surface area contributed by atoms with Crippen molar-refractivity contribution in [3.8, 4) is 0 Å². The van der Waals surface area contributed by atoms with Gasteiger partial charge in [0.2, 0.25) is 0 Å². The van der Waals surface area contributed by atoms with Crippen molar-refractivity contribution in [2.75, 3.05) is 13.6 Å². The molecule has 0 N–H and O–H groups in total. The molecule has 1 rings (SSSR count). The molecule has 0 amide bonds. The van der Waals surface area contributed by atoms with Crippen LogP contribution in [0.4, 0.5) is 0 Å². The maximum absolute atomic E-state index is 2.41. The van der Waals surface area contributed by atoms with E-state index in [-0.39, 0.29) is 0 Å². The van der Waals surface area contributed by atoms with E-state index in [2.05, 4.69) is 45.7 Å². The maximum Gasteiger partial charge on any atom is 0.0330 e. The lowest BCUT2D eigenvalue weighted by Crippen LogP contribution is -2.36. The average Bonchev–Trinajstić information content (AvgIpc) is 2.08. The molecule has 11 heavy (non-hydrogen) atoms. The Labute approximate surface area is 70.1 Å². The van der Waals surface area contributed by atoms with E-state index < -0.39 is 0 Å². The summed E-state index contributed by atoms with van der Waals surface area (Å²) in [5.74, 6) is 0. The van der Waals surface area contributed by atoms with Gasteiger partial charge in [-0.25, -0.2) is 0 Å². The molecule has 0 bridgehead atoms. The Morgan fingerprint density at radius 3 is 2.18 bits per heavy atom. The van der Waals surface area contributed by atoms with E-state index in [0.29, 0.717) is 11.5 Å². The second kappa shape index (κ2) is 2.63. The second-order valence-corrected chi connectivity index (χ2v) is 4.74. The van der Waals surface area contributed by atoms with Gasteiger partial charge in [0, 0.05) is 12.6 Å². The summed E-state index contributed by atoms with van der Waals surface area (Å²) in [5, 5.41) is 0. The zero-order valence-electron chi connectivity index (χ0n) is 8.31. The van der Waals surface area contributed by atoms with Crippen LogP contribution in [0.15, 0.2) is 11.6 Å². The molecule has 0 radical (unpaired) electrons. The molecule has 1 nitrogen and oxygen atoms in total. The van der Waals surface area contributed by atoms with E-state index in [1.165, 1.54) is 5.57 Å². The third kappa shape index (κ3) is 1.84. The third-order valence-corrected chi connectivity index (χ3v) is 2.30. The van der Waals surface area contributed by atoms with Gasteiger partial charge in [0.1, 0.15) is 0 Å². The largest absolute Gasteiger partial charge is 0.296 e. The topological polar surface area (TPSA) is 3.24 Å². The molecule has 0 aromatic heterocycles. The minimum absolute atomic E-state index is 0.381. The summed E-state index contributed by atoms with van der Waals surface area (Å²) in [6.07, 6.45) is 2.39. The Morgan fingerprint density at radius 2 is 2.00 bits per heavy atom. The molecule has 0 aromatic rings. The van der Waals surface area contributed by atoms with Crippen molar-refractivity contribution < 1.29 is 0 Å². The van der Waals surface area contributed by atoms with E-state index in [1.54, 1.807) is 0 Å². The van der Waals surface area contributed by atoms with Crippen LogP contribution < -0.4 is 0 Å². The molecule has 1 heteroatoms. The minimum atomic E-state index is 0.381. The smallest absolute Gasteiger partial charge is 0.0330 e. The average molecular weight is 153 g/mol. The summed E-state index contributed by atoms with van der Waals surface area (Å²) < 4.78 is 0. The van der Waals surface area contributed by atoms with Gasteiger partial charge >= 0.3 is 0 Å². The Morgan fingerprint density at radius 1 is 1.45 bits per heavy atom. The number of likely N-dealkylation sites (N-methyl/N-ethyl adjacent to an activating group) is 1. The molecule has 1 aliphatic rings. The van der Waals surface area contributed by atoms with E-state index in [1.807, 2.05) is 0 Å². The highest BCUT2D eigenvalue weighted by Crippen LogP contribution is 2.29. The van der Waals surface area contributed by atoms with Crippen molar-refractivity contribution in [3.05, 3.63) is 11.6 Å². The van der Waals surface area contributed by atoms with Gasteiger partial charge in [-0.15, -0.1) is 0 Å².